The topological polar surface area (TPSA) is 68.2 Å². The summed E-state index contributed by atoms with van der Waals surface area (Å²) in [6.07, 6.45) is 0.507. The number of benzene rings is 1. The molecule has 1 aromatic carbocycles. The van der Waals surface area contributed by atoms with E-state index in [0.717, 1.165) is 0 Å². The number of nitrogens with zero attached hydrogens (tertiary/aromatic N) is 2. The maximum absolute atomic E-state index is 11.8. The first-order chi connectivity index (χ1) is 9.20. The van der Waals surface area contributed by atoms with Crippen molar-refractivity contribution < 1.29 is 19.1 Å². The van der Waals surface area contributed by atoms with Crippen molar-refractivity contribution in [3.63, 3.8) is 0 Å². The Kier molecular flexibility index (Phi) is 2.70. The van der Waals surface area contributed by atoms with Crippen LogP contribution in [0.2, 0.25) is 0 Å². The van der Waals surface area contributed by atoms with Gasteiger partial charge in [0.25, 0.3) is 0 Å². The Morgan fingerprint density at radius 3 is 3.05 bits per heavy atom. The third-order valence-electron chi connectivity index (χ3n) is 3.16. The van der Waals surface area contributed by atoms with E-state index in [4.69, 9.17) is 4.74 Å². The van der Waals surface area contributed by atoms with Gasteiger partial charge in [-0.3, -0.25) is 0 Å². The minimum absolute atomic E-state index is 0.339. The lowest BCUT2D eigenvalue weighted by molar-refractivity contribution is -0.132. The first kappa shape index (κ1) is 11.7. The predicted octanol–water partition coefficient (Wildman–Crippen LogP) is 1.31. The second-order valence-corrected chi connectivity index (χ2v) is 4.30. The number of fused-ring (bicyclic) bond motifs is 3. The molecule has 19 heavy (non-hydrogen) atoms. The summed E-state index contributed by atoms with van der Waals surface area (Å²) in [6.45, 7) is 0. The highest BCUT2D eigenvalue weighted by molar-refractivity contribution is 6.36. The number of hydrogen-bond donors (Lipinski definition) is 0. The van der Waals surface area contributed by atoms with Gasteiger partial charge in [0.05, 0.1) is 18.4 Å². The smallest absolute Gasteiger partial charge is 0.354 e. The van der Waals surface area contributed by atoms with Crippen molar-refractivity contribution in [2.45, 2.75) is 19.1 Å². The average Bonchev–Trinajstić information content (AvgIpc) is 2.46. The van der Waals surface area contributed by atoms with E-state index in [9.17, 15) is 9.59 Å². The number of anilines is 1. The number of esters is 2. The van der Waals surface area contributed by atoms with E-state index in [1.807, 2.05) is 6.07 Å². The highest BCUT2D eigenvalue weighted by Gasteiger charge is 2.36. The lowest BCUT2D eigenvalue weighted by Gasteiger charge is -2.36. The summed E-state index contributed by atoms with van der Waals surface area (Å²) < 4.78 is 9.98. The molecule has 6 nitrogen and oxygen atoms in total. The highest BCUT2D eigenvalue weighted by Crippen LogP contribution is 2.33. The van der Waals surface area contributed by atoms with E-state index in [2.05, 4.69) is 9.84 Å². The number of rotatable bonds is 1. The fourth-order valence-electron chi connectivity index (χ4n) is 2.24. The summed E-state index contributed by atoms with van der Waals surface area (Å²) in [7, 11) is 1.32. The summed E-state index contributed by atoms with van der Waals surface area (Å²) in [5.41, 5.74) is 1.45. The summed E-state index contributed by atoms with van der Waals surface area (Å²) in [4.78, 5) is 23.4. The Morgan fingerprint density at radius 1 is 1.47 bits per heavy atom. The van der Waals surface area contributed by atoms with Crippen molar-refractivity contribution in [3.8, 4) is 0 Å². The zero-order chi connectivity index (χ0) is 13.4. The number of carbonyl (C=O) groups excluding carboxylic acids is 2. The molecule has 0 amide bonds. The third kappa shape index (κ3) is 1.85. The van der Waals surface area contributed by atoms with Gasteiger partial charge in [0, 0.05) is 12.8 Å². The number of para-hydroxylation sites is 1. The van der Waals surface area contributed by atoms with Crippen LogP contribution < -0.4 is 5.01 Å². The fraction of sp³-hybridized carbons (Fsp3) is 0.308. The molecule has 0 bridgehead atoms. The van der Waals surface area contributed by atoms with Crippen LogP contribution in [0.4, 0.5) is 5.69 Å². The SMILES string of the molecule is COC(=O)C1=NN2c3ccccc3C(=O)OC2CC1. The second kappa shape index (κ2) is 4.38. The van der Waals surface area contributed by atoms with Gasteiger partial charge < -0.3 is 9.47 Å². The molecule has 0 spiro atoms. The minimum Gasteiger partial charge on any atom is -0.464 e. The molecular weight excluding hydrogens is 248 g/mol. The van der Waals surface area contributed by atoms with E-state index >= 15 is 0 Å². The molecule has 0 N–H and O–H groups in total. The summed E-state index contributed by atoms with van der Waals surface area (Å²) >= 11 is 0. The van der Waals surface area contributed by atoms with Gasteiger partial charge in [-0.25, -0.2) is 14.6 Å². The average molecular weight is 260 g/mol. The maximum atomic E-state index is 11.8. The van der Waals surface area contributed by atoms with Crippen molar-refractivity contribution in [1.82, 2.24) is 0 Å². The summed E-state index contributed by atoms with van der Waals surface area (Å²) in [5.74, 6) is -0.804. The second-order valence-electron chi connectivity index (χ2n) is 4.30. The molecule has 0 saturated carbocycles. The molecule has 2 heterocycles. The summed E-state index contributed by atoms with van der Waals surface area (Å²) in [6, 6.07) is 7.04. The van der Waals surface area contributed by atoms with Crippen LogP contribution in [-0.4, -0.2) is 31.0 Å². The standard InChI is InChI=1S/C13H12N2O4/c1-18-13(17)9-6-7-11-15(14-9)10-5-3-2-4-8(10)12(16)19-11/h2-5,11H,6-7H2,1H3. The quantitative estimate of drug-likeness (QED) is 0.712. The van der Waals surface area contributed by atoms with Crippen molar-refractivity contribution >= 4 is 23.3 Å². The van der Waals surface area contributed by atoms with Gasteiger partial charge in [0.1, 0.15) is 5.71 Å². The molecule has 0 aromatic heterocycles. The Balaban J connectivity index is 2.04. The van der Waals surface area contributed by atoms with Gasteiger partial charge >= 0.3 is 11.9 Å². The van der Waals surface area contributed by atoms with Gasteiger partial charge in [0.15, 0.2) is 6.23 Å². The molecular formula is C13H12N2O4. The van der Waals surface area contributed by atoms with Gasteiger partial charge in [0.2, 0.25) is 0 Å². The molecule has 0 fully saturated rings. The normalized spacial score (nSPS) is 20.9. The molecule has 1 unspecified atom stereocenters. The minimum atomic E-state index is -0.451. The fourth-order valence-corrected chi connectivity index (χ4v) is 2.24. The molecule has 1 atom stereocenters. The van der Waals surface area contributed by atoms with Crippen LogP contribution in [0.25, 0.3) is 0 Å². The zero-order valence-corrected chi connectivity index (χ0v) is 10.3. The Bertz CT molecular complexity index is 582. The van der Waals surface area contributed by atoms with Crippen LogP contribution in [0.15, 0.2) is 29.4 Å². The van der Waals surface area contributed by atoms with Crippen LogP contribution in [0, 0.1) is 0 Å². The predicted molar refractivity (Wildman–Crippen MR) is 66.8 cm³/mol. The third-order valence-corrected chi connectivity index (χ3v) is 3.16. The molecule has 3 rings (SSSR count). The van der Waals surface area contributed by atoms with Crippen LogP contribution >= 0.6 is 0 Å². The highest BCUT2D eigenvalue weighted by atomic mass is 16.6. The lowest BCUT2D eigenvalue weighted by atomic mass is 10.1. The molecule has 6 heteroatoms. The maximum Gasteiger partial charge on any atom is 0.354 e. The van der Waals surface area contributed by atoms with Gasteiger partial charge in [-0.2, -0.15) is 5.10 Å². The Morgan fingerprint density at radius 2 is 2.26 bits per heavy atom. The van der Waals surface area contributed by atoms with Crippen LogP contribution in [-0.2, 0) is 14.3 Å². The largest absolute Gasteiger partial charge is 0.464 e. The number of hydrazone groups is 1. The zero-order valence-electron chi connectivity index (χ0n) is 10.3. The van der Waals surface area contributed by atoms with Gasteiger partial charge in [-0.15, -0.1) is 0 Å². The van der Waals surface area contributed by atoms with E-state index in [1.165, 1.54) is 7.11 Å². The Labute approximate surface area is 109 Å². The van der Waals surface area contributed by atoms with Crippen molar-refractivity contribution in [2.24, 2.45) is 5.10 Å². The molecule has 1 aromatic rings. The van der Waals surface area contributed by atoms with Crippen LogP contribution in [0.3, 0.4) is 0 Å². The summed E-state index contributed by atoms with van der Waals surface area (Å²) in [5, 5.41) is 5.82. The molecule has 0 saturated heterocycles. The van der Waals surface area contributed by atoms with Crippen molar-refractivity contribution in [3.05, 3.63) is 29.8 Å². The van der Waals surface area contributed by atoms with Gasteiger partial charge in [-0.05, 0) is 12.1 Å². The van der Waals surface area contributed by atoms with E-state index in [1.54, 1.807) is 23.2 Å². The van der Waals surface area contributed by atoms with Crippen molar-refractivity contribution in [2.75, 3.05) is 12.1 Å². The van der Waals surface area contributed by atoms with Crippen LogP contribution in [0.5, 0.6) is 0 Å². The lowest BCUT2D eigenvalue weighted by Crippen LogP contribution is -2.44. The Hall–Kier alpha value is -2.37. The van der Waals surface area contributed by atoms with E-state index in [0.29, 0.717) is 29.8 Å². The molecule has 0 aliphatic carbocycles. The first-order valence-corrected chi connectivity index (χ1v) is 5.96. The molecule has 2 aliphatic heterocycles. The van der Waals surface area contributed by atoms with Crippen LogP contribution in [0.1, 0.15) is 23.2 Å². The molecule has 0 radical (unpaired) electrons. The van der Waals surface area contributed by atoms with Crippen molar-refractivity contribution in [1.29, 1.82) is 0 Å². The number of hydrogen-bond acceptors (Lipinski definition) is 6. The van der Waals surface area contributed by atoms with E-state index < -0.39 is 12.2 Å². The molecule has 98 valence electrons. The molecule has 2 aliphatic rings. The number of ether oxygens (including phenoxy) is 2. The monoisotopic (exact) mass is 260 g/mol. The number of methoxy groups -OCH3 is 1. The first-order valence-electron chi connectivity index (χ1n) is 5.96. The van der Waals surface area contributed by atoms with Gasteiger partial charge in [-0.1, -0.05) is 12.1 Å². The number of carbonyl (C=O) groups is 2. The van der Waals surface area contributed by atoms with E-state index in [-0.39, 0.29) is 5.97 Å².